The van der Waals surface area contributed by atoms with Crippen LogP contribution in [0, 0.1) is 5.92 Å². The molecule has 0 saturated carbocycles. The minimum Gasteiger partial charge on any atom is -0.360 e. The second-order valence-electron chi connectivity index (χ2n) is 5.16. The first kappa shape index (κ1) is 14.6. The number of carbonyl (C=O) groups excluding carboxylic acids is 1. The van der Waals surface area contributed by atoms with E-state index in [1.165, 1.54) is 6.20 Å². The molecule has 2 aromatic rings. The number of hydrogen-bond donors (Lipinski definition) is 2. The third kappa shape index (κ3) is 3.20. The third-order valence-corrected chi connectivity index (χ3v) is 3.33. The van der Waals surface area contributed by atoms with Crippen molar-refractivity contribution in [2.45, 2.75) is 20.3 Å². The van der Waals surface area contributed by atoms with Gasteiger partial charge in [-0.15, -0.1) is 0 Å². The fraction of sp³-hybridized carbons (Fsp3) is 0.333. The number of benzene rings is 1. The Hall–Kier alpha value is -1.81. The number of aromatic amines is 1. The zero-order valence-corrected chi connectivity index (χ0v) is 12.3. The Morgan fingerprint density at radius 2 is 2.15 bits per heavy atom. The smallest absolute Gasteiger partial charge is 0.256 e. The van der Waals surface area contributed by atoms with Crippen LogP contribution in [0.5, 0.6) is 0 Å². The van der Waals surface area contributed by atoms with Gasteiger partial charge in [0.15, 0.2) is 0 Å². The lowest BCUT2D eigenvalue weighted by Crippen LogP contribution is -2.30. The van der Waals surface area contributed by atoms with Gasteiger partial charge >= 0.3 is 0 Å². The van der Waals surface area contributed by atoms with Gasteiger partial charge in [0.2, 0.25) is 5.43 Å². The third-order valence-electron chi connectivity index (χ3n) is 3.09. The fourth-order valence-electron chi connectivity index (χ4n) is 1.93. The monoisotopic (exact) mass is 292 g/mol. The maximum atomic E-state index is 12.3. The maximum absolute atomic E-state index is 12.3. The summed E-state index contributed by atoms with van der Waals surface area (Å²) in [6, 6.07) is 4.93. The zero-order valence-electron chi connectivity index (χ0n) is 11.5. The molecule has 0 unspecified atom stereocenters. The second-order valence-corrected chi connectivity index (χ2v) is 5.60. The van der Waals surface area contributed by atoms with E-state index in [0.29, 0.717) is 28.4 Å². The van der Waals surface area contributed by atoms with Crippen molar-refractivity contribution in [2.75, 3.05) is 6.54 Å². The molecule has 106 valence electrons. The standard InChI is InChI=1S/C15H17ClN2O2/c1-9(2)5-6-17-15(20)12-8-18-13-7-10(16)3-4-11(13)14(12)19/h3-4,7-9H,5-6H2,1-2H3,(H,17,20)(H,18,19). The number of H-pyrrole nitrogens is 1. The highest BCUT2D eigenvalue weighted by Gasteiger charge is 2.12. The molecule has 0 fully saturated rings. The molecule has 0 radical (unpaired) electrons. The number of pyridine rings is 1. The zero-order chi connectivity index (χ0) is 14.7. The van der Waals surface area contributed by atoms with Gasteiger partial charge in [-0.25, -0.2) is 0 Å². The van der Waals surface area contributed by atoms with Crippen molar-refractivity contribution in [3.63, 3.8) is 0 Å². The lowest BCUT2D eigenvalue weighted by atomic mass is 10.1. The molecule has 0 spiro atoms. The van der Waals surface area contributed by atoms with E-state index in [2.05, 4.69) is 24.1 Å². The first-order valence-corrected chi connectivity index (χ1v) is 6.96. The first-order chi connectivity index (χ1) is 9.49. The Bertz CT molecular complexity index is 692. The average Bonchev–Trinajstić information content (AvgIpc) is 2.38. The number of aromatic nitrogens is 1. The predicted molar refractivity (Wildman–Crippen MR) is 81.4 cm³/mol. The molecule has 1 heterocycles. The number of hydrogen-bond acceptors (Lipinski definition) is 2. The summed E-state index contributed by atoms with van der Waals surface area (Å²) in [4.78, 5) is 27.2. The Labute approximate surface area is 122 Å². The Morgan fingerprint density at radius 3 is 2.85 bits per heavy atom. The number of rotatable bonds is 4. The molecule has 5 heteroatoms. The van der Waals surface area contributed by atoms with Crippen molar-refractivity contribution in [3.8, 4) is 0 Å². The molecular formula is C15H17ClN2O2. The van der Waals surface area contributed by atoms with Gasteiger partial charge in [-0.2, -0.15) is 0 Å². The summed E-state index contributed by atoms with van der Waals surface area (Å²) >= 11 is 5.87. The summed E-state index contributed by atoms with van der Waals surface area (Å²) < 4.78 is 0. The van der Waals surface area contributed by atoms with Gasteiger partial charge in [-0.1, -0.05) is 25.4 Å². The largest absolute Gasteiger partial charge is 0.360 e. The fourth-order valence-corrected chi connectivity index (χ4v) is 2.10. The lowest BCUT2D eigenvalue weighted by molar-refractivity contribution is 0.0951. The highest BCUT2D eigenvalue weighted by atomic mass is 35.5. The first-order valence-electron chi connectivity index (χ1n) is 6.58. The van der Waals surface area contributed by atoms with Crippen LogP contribution in [0.1, 0.15) is 30.6 Å². The van der Waals surface area contributed by atoms with Crippen LogP contribution in [0.3, 0.4) is 0 Å². The number of amides is 1. The maximum Gasteiger partial charge on any atom is 0.256 e. The van der Waals surface area contributed by atoms with E-state index in [4.69, 9.17) is 11.6 Å². The highest BCUT2D eigenvalue weighted by Crippen LogP contribution is 2.15. The van der Waals surface area contributed by atoms with Crippen LogP contribution in [0.15, 0.2) is 29.2 Å². The summed E-state index contributed by atoms with van der Waals surface area (Å²) in [5.41, 5.74) is 0.474. The van der Waals surface area contributed by atoms with E-state index >= 15 is 0 Å². The van der Waals surface area contributed by atoms with Crippen LogP contribution in [0.4, 0.5) is 0 Å². The molecule has 1 aromatic heterocycles. The van der Waals surface area contributed by atoms with E-state index in [1.54, 1.807) is 18.2 Å². The van der Waals surface area contributed by atoms with Crippen molar-refractivity contribution in [1.29, 1.82) is 0 Å². The number of carbonyl (C=O) groups is 1. The van der Waals surface area contributed by atoms with E-state index in [-0.39, 0.29) is 16.9 Å². The molecule has 0 aliphatic heterocycles. The Morgan fingerprint density at radius 1 is 1.40 bits per heavy atom. The Balaban J connectivity index is 2.27. The highest BCUT2D eigenvalue weighted by molar-refractivity contribution is 6.31. The van der Waals surface area contributed by atoms with Gasteiger partial charge in [-0.3, -0.25) is 9.59 Å². The summed E-state index contributed by atoms with van der Waals surface area (Å²) in [5, 5.41) is 3.77. The molecule has 4 nitrogen and oxygen atoms in total. The summed E-state index contributed by atoms with van der Waals surface area (Å²) in [7, 11) is 0. The molecule has 0 atom stereocenters. The van der Waals surface area contributed by atoms with Gasteiger partial charge in [-0.05, 0) is 30.5 Å². The van der Waals surface area contributed by atoms with Crippen LogP contribution < -0.4 is 10.7 Å². The van der Waals surface area contributed by atoms with Crippen LogP contribution >= 0.6 is 11.6 Å². The van der Waals surface area contributed by atoms with Gasteiger partial charge in [0.1, 0.15) is 5.56 Å². The normalized spacial score (nSPS) is 11.0. The summed E-state index contributed by atoms with van der Waals surface area (Å²) in [5.74, 6) is 0.163. The van der Waals surface area contributed by atoms with Gasteiger partial charge in [0, 0.05) is 23.2 Å². The topological polar surface area (TPSA) is 62.0 Å². The van der Waals surface area contributed by atoms with Crippen molar-refractivity contribution in [1.82, 2.24) is 10.3 Å². The van der Waals surface area contributed by atoms with E-state index in [9.17, 15) is 9.59 Å². The van der Waals surface area contributed by atoms with Crippen molar-refractivity contribution >= 4 is 28.4 Å². The molecule has 2 N–H and O–H groups in total. The van der Waals surface area contributed by atoms with E-state index in [0.717, 1.165) is 6.42 Å². The van der Waals surface area contributed by atoms with Crippen LogP contribution in [0.2, 0.25) is 5.02 Å². The molecule has 0 saturated heterocycles. The van der Waals surface area contributed by atoms with Crippen molar-refractivity contribution in [3.05, 3.63) is 45.2 Å². The van der Waals surface area contributed by atoms with E-state index < -0.39 is 0 Å². The van der Waals surface area contributed by atoms with Gasteiger partial charge in [0.05, 0.1) is 5.52 Å². The lowest BCUT2D eigenvalue weighted by Gasteiger charge is -2.07. The number of fused-ring (bicyclic) bond motifs is 1. The Kier molecular flexibility index (Phi) is 4.45. The molecule has 20 heavy (non-hydrogen) atoms. The van der Waals surface area contributed by atoms with Crippen molar-refractivity contribution < 1.29 is 4.79 Å². The van der Waals surface area contributed by atoms with Gasteiger partial charge in [0.25, 0.3) is 5.91 Å². The molecule has 1 aromatic carbocycles. The minimum absolute atomic E-state index is 0.128. The van der Waals surface area contributed by atoms with Crippen LogP contribution in [0.25, 0.3) is 10.9 Å². The SMILES string of the molecule is CC(C)CCNC(=O)c1c[nH]c2cc(Cl)ccc2c1=O. The molecule has 2 rings (SSSR count). The van der Waals surface area contributed by atoms with E-state index in [1.807, 2.05) is 0 Å². The molecule has 0 aliphatic rings. The minimum atomic E-state index is -0.344. The van der Waals surface area contributed by atoms with Crippen molar-refractivity contribution in [2.24, 2.45) is 5.92 Å². The van der Waals surface area contributed by atoms with Crippen LogP contribution in [-0.4, -0.2) is 17.4 Å². The van der Waals surface area contributed by atoms with Crippen LogP contribution in [-0.2, 0) is 0 Å². The molecule has 0 aliphatic carbocycles. The molecule has 1 amide bonds. The number of nitrogens with one attached hydrogen (secondary N) is 2. The van der Waals surface area contributed by atoms with Gasteiger partial charge < -0.3 is 10.3 Å². The quantitative estimate of drug-likeness (QED) is 0.910. The second kappa shape index (κ2) is 6.09. The molecule has 0 bridgehead atoms. The number of halogens is 1. The summed E-state index contributed by atoms with van der Waals surface area (Å²) in [6.45, 7) is 4.73. The average molecular weight is 293 g/mol. The summed E-state index contributed by atoms with van der Waals surface area (Å²) in [6.07, 6.45) is 2.32. The molecular weight excluding hydrogens is 276 g/mol. The predicted octanol–water partition coefficient (Wildman–Crippen LogP) is 2.96.